The van der Waals surface area contributed by atoms with Crippen molar-refractivity contribution >= 4 is 57.9 Å². The summed E-state index contributed by atoms with van der Waals surface area (Å²) in [6.45, 7) is 3.74. The van der Waals surface area contributed by atoms with Gasteiger partial charge in [0.25, 0.3) is 0 Å². The van der Waals surface area contributed by atoms with Gasteiger partial charge in [-0.25, -0.2) is 10.4 Å². The summed E-state index contributed by atoms with van der Waals surface area (Å²) < 4.78 is 0. The van der Waals surface area contributed by atoms with Gasteiger partial charge in [-0.2, -0.15) is 5.10 Å². The smallest absolute Gasteiger partial charge is 0.250 e. The van der Waals surface area contributed by atoms with E-state index < -0.39 is 0 Å². The number of aryl methyl sites for hydroxylation is 1. The fourth-order valence-corrected chi connectivity index (χ4v) is 3.65. The van der Waals surface area contributed by atoms with Gasteiger partial charge in [0.05, 0.1) is 32.6 Å². The number of halogens is 2. The number of rotatable bonds is 5. The Kier molecular flexibility index (Phi) is 6.26. The van der Waals surface area contributed by atoms with Crippen molar-refractivity contribution < 1.29 is 4.79 Å². The lowest BCUT2D eigenvalue weighted by atomic mass is 10.3. The van der Waals surface area contributed by atoms with E-state index in [-0.39, 0.29) is 11.7 Å². The Morgan fingerprint density at radius 2 is 2.23 bits per heavy atom. The van der Waals surface area contributed by atoms with Crippen LogP contribution < -0.4 is 5.43 Å². The van der Waals surface area contributed by atoms with Gasteiger partial charge in [0.2, 0.25) is 5.91 Å². The van der Waals surface area contributed by atoms with E-state index in [2.05, 4.69) is 15.5 Å². The van der Waals surface area contributed by atoms with Gasteiger partial charge in [-0.15, -0.1) is 23.1 Å². The number of carbonyl (C=O) groups excluding carboxylic acids is 1. The van der Waals surface area contributed by atoms with E-state index in [1.54, 1.807) is 23.7 Å². The van der Waals surface area contributed by atoms with Crippen LogP contribution in [0.3, 0.4) is 0 Å². The second-order valence-electron chi connectivity index (χ2n) is 4.36. The van der Waals surface area contributed by atoms with E-state index in [1.165, 1.54) is 23.1 Å². The van der Waals surface area contributed by atoms with Gasteiger partial charge in [0.15, 0.2) is 0 Å². The predicted molar refractivity (Wildman–Crippen MR) is 94.4 cm³/mol. The van der Waals surface area contributed by atoms with Crippen molar-refractivity contribution in [3.8, 4) is 0 Å². The molecule has 2 rings (SSSR count). The molecule has 0 aliphatic heterocycles. The van der Waals surface area contributed by atoms with E-state index in [9.17, 15) is 4.79 Å². The molecule has 0 saturated carbocycles. The lowest BCUT2D eigenvalue weighted by Gasteiger charge is -2.04. The Morgan fingerprint density at radius 3 is 2.91 bits per heavy atom. The molecule has 0 spiro atoms. The summed E-state index contributed by atoms with van der Waals surface area (Å²) in [6, 6.07) is 5.15. The maximum absolute atomic E-state index is 11.8. The topological polar surface area (TPSA) is 54.4 Å². The van der Waals surface area contributed by atoms with Crippen molar-refractivity contribution in [2.75, 3.05) is 5.75 Å². The summed E-state index contributed by atoms with van der Waals surface area (Å²) >= 11 is 14.8. The van der Waals surface area contributed by atoms with Gasteiger partial charge < -0.3 is 0 Å². The van der Waals surface area contributed by atoms with Gasteiger partial charge in [-0.05, 0) is 32.0 Å². The minimum Gasteiger partial charge on any atom is -0.272 e. The van der Waals surface area contributed by atoms with Crippen LogP contribution in [0.25, 0.3) is 0 Å². The zero-order chi connectivity index (χ0) is 16.1. The summed E-state index contributed by atoms with van der Waals surface area (Å²) in [6.07, 6.45) is 0. The van der Waals surface area contributed by atoms with E-state index in [0.717, 1.165) is 21.2 Å². The van der Waals surface area contributed by atoms with Crippen LogP contribution in [0.4, 0.5) is 0 Å². The minimum atomic E-state index is -0.206. The Morgan fingerprint density at radius 1 is 1.45 bits per heavy atom. The summed E-state index contributed by atoms with van der Waals surface area (Å²) in [5.41, 5.74) is 5.92. The molecule has 4 nitrogen and oxygen atoms in total. The average molecular weight is 374 g/mol. The number of aromatic nitrogens is 1. The molecule has 0 saturated heterocycles. The number of thioether (sulfide) groups is 1. The summed E-state index contributed by atoms with van der Waals surface area (Å²) in [5.74, 6) is 0.000898. The molecule has 1 aromatic carbocycles. The molecule has 0 atom stereocenters. The van der Waals surface area contributed by atoms with Crippen LogP contribution in [0, 0.1) is 6.92 Å². The molecule has 0 radical (unpaired) electrons. The molecule has 1 N–H and O–H groups in total. The molecule has 8 heteroatoms. The normalized spacial score (nSPS) is 11.5. The quantitative estimate of drug-likeness (QED) is 0.480. The van der Waals surface area contributed by atoms with E-state index >= 15 is 0 Å². The molecule has 0 bridgehead atoms. The van der Waals surface area contributed by atoms with Crippen molar-refractivity contribution in [1.82, 2.24) is 10.4 Å². The van der Waals surface area contributed by atoms with Gasteiger partial charge in [-0.1, -0.05) is 23.2 Å². The molecular weight excluding hydrogens is 361 g/mol. The van der Waals surface area contributed by atoms with E-state index in [4.69, 9.17) is 23.2 Å². The Labute approximate surface area is 146 Å². The van der Waals surface area contributed by atoms with Gasteiger partial charge in [0.1, 0.15) is 0 Å². The fourth-order valence-electron chi connectivity index (χ4n) is 1.61. The molecule has 1 aromatic heterocycles. The van der Waals surface area contributed by atoms with Gasteiger partial charge in [0, 0.05) is 9.92 Å². The highest BCUT2D eigenvalue weighted by molar-refractivity contribution is 8.00. The molecule has 22 heavy (non-hydrogen) atoms. The zero-order valence-corrected chi connectivity index (χ0v) is 15.0. The molecule has 1 heterocycles. The largest absolute Gasteiger partial charge is 0.272 e. The highest BCUT2D eigenvalue weighted by atomic mass is 35.5. The molecule has 0 aliphatic carbocycles. The molecule has 1 amide bonds. The highest BCUT2D eigenvalue weighted by Crippen LogP contribution is 2.29. The first-order chi connectivity index (χ1) is 10.5. The summed E-state index contributed by atoms with van der Waals surface area (Å²) in [5, 5.41) is 5.25. The van der Waals surface area contributed by atoms with Gasteiger partial charge >= 0.3 is 0 Å². The van der Waals surface area contributed by atoms with Crippen molar-refractivity contribution in [2.45, 2.75) is 18.7 Å². The van der Waals surface area contributed by atoms with Crippen LogP contribution in [0.1, 0.15) is 17.5 Å². The third-order valence-corrected chi connectivity index (χ3v) is 5.44. The van der Waals surface area contributed by atoms with Crippen LogP contribution in [-0.4, -0.2) is 22.4 Å². The molecular formula is C14H13Cl2N3OS2. The molecule has 116 valence electrons. The first-order valence-corrected chi connectivity index (χ1v) is 8.91. The Bertz CT molecular complexity index is 716. The SMILES string of the molecule is CC(=NNC(=O)CSc1cc(Cl)ccc1Cl)c1scnc1C. The molecule has 2 aromatic rings. The first-order valence-electron chi connectivity index (χ1n) is 6.29. The zero-order valence-electron chi connectivity index (χ0n) is 11.9. The second-order valence-corrected chi connectivity index (χ2v) is 7.08. The van der Waals surface area contributed by atoms with Crippen LogP contribution >= 0.6 is 46.3 Å². The maximum atomic E-state index is 11.8. The minimum absolute atomic E-state index is 0.206. The Balaban J connectivity index is 1.91. The van der Waals surface area contributed by atoms with E-state index in [0.29, 0.717) is 10.0 Å². The number of benzene rings is 1. The second kappa shape index (κ2) is 7.97. The van der Waals surface area contributed by atoms with E-state index in [1.807, 2.05) is 13.8 Å². The Hall–Kier alpha value is -1.08. The average Bonchev–Trinajstić information content (AvgIpc) is 2.92. The van der Waals surface area contributed by atoms with Crippen molar-refractivity contribution in [1.29, 1.82) is 0 Å². The number of carbonyl (C=O) groups is 1. The standard InChI is InChI=1S/C14H13Cl2N3OS2/c1-8-14(22-7-17-8)9(2)18-19-13(20)6-21-12-5-10(15)3-4-11(12)16/h3-5,7H,6H2,1-2H3,(H,19,20). The number of nitrogens with one attached hydrogen (secondary N) is 1. The van der Waals surface area contributed by atoms with Crippen LogP contribution in [0.15, 0.2) is 33.7 Å². The maximum Gasteiger partial charge on any atom is 0.250 e. The number of amides is 1. The van der Waals surface area contributed by atoms with Crippen molar-refractivity contribution in [2.24, 2.45) is 5.10 Å². The fraction of sp³-hybridized carbons (Fsp3) is 0.214. The van der Waals surface area contributed by atoms with Crippen LogP contribution in [0.2, 0.25) is 10.0 Å². The van der Waals surface area contributed by atoms with Crippen LogP contribution in [-0.2, 0) is 4.79 Å². The molecule has 0 aliphatic rings. The number of hydrogen-bond donors (Lipinski definition) is 1. The number of hydrazone groups is 1. The number of thiazole rings is 1. The van der Waals surface area contributed by atoms with Crippen molar-refractivity contribution in [3.63, 3.8) is 0 Å². The lowest BCUT2D eigenvalue weighted by molar-refractivity contribution is -0.118. The lowest BCUT2D eigenvalue weighted by Crippen LogP contribution is -2.21. The van der Waals surface area contributed by atoms with Gasteiger partial charge in [-0.3, -0.25) is 4.79 Å². The highest BCUT2D eigenvalue weighted by Gasteiger charge is 2.08. The number of hydrogen-bond acceptors (Lipinski definition) is 5. The summed E-state index contributed by atoms with van der Waals surface area (Å²) in [7, 11) is 0. The molecule has 0 fully saturated rings. The predicted octanol–water partition coefficient (Wildman–Crippen LogP) is 4.39. The third kappa shape index (κ3) is 4.71. The van der Waals surface area contributed by atoms with Crippen molar-refractivity contribution in [3.05, 3.63) is 44.3 Å². The molecule has 0 unspecified atom stereocenters. The summed E-state index contributed by atoms with van der Waals surface area (Å²) in [4.78, 5) is 17.7. The monoisotopic (exact) mass is 373 g/mol. The third-order valence-electron chi connectivity index (χ3n) is 2.67. The van der Waals surface area contributed by atoms with Crippen LogP contribution in [0.5, 0.6) is 0 Å². The first kappa shape index (κ1) is 17.3. The number of nitrogens with zero attached hydrogens (tertiary/aromatic N) is 2.